The first-order chi connectivity index (χ1) is 9.36. The zero-order valence-electron chi connectivity index (χ0n) is 10.9. The predicted octanol–water partition coefficient (Wildman–Crippen LogP) is -0.420. The molecular weight excluding hydrogens is 242 g/mol. The number of hydrogen-bond donors (Lipinski definition) is 2. The minimum atomic E-state index is 0.474. The van der Waals surface area contributed by atoms with Crippen LogP contribution in [0.2, 0.25) is 0 Å². The smallest absolute Gasteiger partial charge is 0.225 e. The zero-order valence-corrected chi connectivity index (χ0v) is 10.9. The van der Waals surface area contributed by atoms with Crippen LogP contribution in [0.15, 0.2) is 23.5 Å². The maximum absolute atomic E-state index is 5.56. The van der Waals surface area contributed by atoms with Crippen LogP contribution in [0.1, 0.15) is 12.8 Å². The van der Waals surface area contributed by atoms with Gasteiger partial charge in [0.05, 0.1) is 6.04 Å². The van der Waals surface area contributed by atoms with Gasteiger partial charge < -0.3 is 9.80 Å². The highest BCUT2D eigenvalue weighted by molar-refractivity contribution is 5.80. The summed E-state index contributed by atoms with van der Waals surface area (Å²) in [4.78, 5) is 17.5. The van der Waals surface area contributed by atoms with Crippen molar-refractivity contribution in [2.45, 2.75) is 18.9 Å². The molecule has 0 spiro atoms. The number of rotatable bonds is 2. The van der Waals surface area contributed by atoms with E-state index in [9.17, 15) is 0 Å². The van der Waals surface area contributed by atoms with Crippen LogP contribution in [0, 0.1) is 0 Å². The number of nitrogens with one attached hydrogen (secondary N) is 1. The van der Waals surface area contributed by atoms with Crippen molar-refractivity contribution in [3.8, 4) is 0 Å². The molecule has 7 nitrogen and oxygen atoms in total. The molecule has 2 aliphatic rings. The van der Waals surface area contributed by atoms with Crippen molar-refractivity contribution in [2.75, 3.05) is 31.1 Å². The van der Waals surface area contributed by atoms with Gasteiger partial charge in [-0.2, -0.15) is 0 Å². The zero-order chi connectivity index (χ0) is 13.1. The number of nitrogens with two attached hydrogens (primary N) is 1. The quantitative estimate of drug-likeness (QED) is 0.326. The molecule has 2 heterocycles. The molecule has 102 valence electrons. The van der Waals surface area contributed by atoms with Crippen molar-refractivity contribution in [1.29, 1.82) is 0 Å². The summed E-state index contributed by atoms with van der Waals surface area (Å²) >= 11 is 0. The maximum atomic E-state index is 5.56. The van der Waals surface area contributed by atoms with Gasteiger partial charge in [-0.3, -0.25) is 5.43 Å². The standard InChI is InChI=1S/C12H19N7/c13-17-12(16-10-2-3-10)19-8-6-18(7-9-19)11-14-4-1-5-15-11/h1,4-5,10H,2-3,6-9,13H2,(H,16,17). The third kappa shape index (κ3) is 2.93. The Kier molecular flexibility index (Phi) is 3.45. The lowest BCUT2D eigenvalue weighted by atomic mass is 10.3. The van der Waals surface area contributed by atoms with E-state index in [1.807, 2.05) is 6.07 Å². The Balaban J connectivity index is 1.59. The topological polar surface area (TPSA) is 82.7 Å². The van der Waals surface area contributed by atoms with E-state index < -0.39 is 0 Å². The molecule has 0 radical (unpaired) electrons. The van der Waals surface area contributed by atoms with Crippen LogP contribution in [-0.4, -0.2) is 53.0 Å². The van der Waals surface area contributed by atoms with Crippen molar-refractivity contribution >= 4 is 11.9 Å². The van der Waals surface area contributed by atoms with E-state index in [0.29, 0.717) is 6.04 Å². The molecular formula is C12H19N7. The summed E-state index contributed by atoms with van der Waals surface area (Å²) in [5.41, 5.74) is 2.72. The number of aliphatic imine (C=N–C) groups is 1. The third-order valence-electron chi connectivity index (χ3n) is 3.40. The fourth-order valence-corrected chi connectivity index (χ4v) is 2.16. The van der Waals surface area contributed by atoms with E-state index in [4.69, 9.17) is 5.84 Å². The fraction of sp³-hybridized carbons (Fsp3) is 0.583. The van der Waals surface area contributed by atoms with E-state index in [1.54, 1.807) is 12.4 Å². The number of hydrogen-bond acceptors (Lipinski definition) is 5. The maximum Gasteiger partial charge on any atom is 0.225 e. The first kappa shape index (κ1) is 12.2. The second kappa shape index (κ2) is 5.40. The summed E-state index contributed by atoms with van der Waals surface area (Å²) in [6.07, 6.45) is 5.91. The van der Waals surface area contributed by atoms with E-state index >= 15 is 0 Å². The van der Waals surface area contributed by atoms with E-state index in [2.05, 4.69) is 30.2 Å². The number of aromatic nitrogens is 2. The van der Waals surface area contributed by atoms with Gasteiger partial charge in [0.2, 0.25) is 11.9 Å². The number of anilines is 1. The van der Waals surface area contributed by atoms with Gasteiger partial charge in [-0.25, -0.2) is 20.8 Å². The number of piperazine rings is 1. The van der Waals surface area contributed by atoms with Crippen LogP contribution in [0.3, 0.4) is 0 Å². The summed E-state index contributed by atoms with van der Waals surface area (Å²) in [5.74, 6) is 7.18. The predicted molar refractivity (Wildman–Crippen MR) is 73.6 cm³/mol. The average molecular weight is 261 g/mol. The number of guanidine groups is 1. The molecule has 1 aliphatic heterocycles. The highest BCUT2D eigenvalue weighted by Gasteiger charge is 2.25. The summed E-state index contributed by atoms with van der Waals surface area (Å²) < 4.78 is 0. The Bertz CT molecular complexity index is 435. The van der Waals surface area contributed by atoms with E-state index in [-0.39, 0.29) is 0 Å². The summed E-state index contributed by atoms with van der Waals surface area (Å²) in [7, 11) is 0. The Morgan fingerprint density at radius 1 is 1.21 bits per heavy atom. The first-order valence-corrected chi connectivity index (χ1v) is 6.68. The van der Waals surface area contributed by atoms with Gasteiger partial charge in [0.25, 0.3) is 0 Å². The van der Waals surface area contributed by atoms with Crippen LogP contribution in [0.5, 0.6) is 0 Å². The minimum absolute atomic E-state index is 0.474. The molecule has 1 saturated carbocycles. The molecule has 0 bridgehead atoms. The molecule has 1 saturated heterocycles. The molecule has 2 fully saturated rings. The van der Waals surface area contributed by atoms with Crippen molar-refractivity contribution in [3.63, 3.8) is 0 Å². The van der Waals surface area contributed by atoms with Gasteiger partial charge >= 0.3 is 0 Å². The molecule has 0 unspecified atom stereocenters. The number of hydrazine groups is 1. The SMILES string of the molecule is NNC(=NC1CC1)N1CCN(c2ncccn2)CC1. The monoisotopic (exact) mass is 261 g/mol. The van der Waals surface area contributed by atoms with Crippen LogP contribution in [-0.2, 0) is 0 Å². The van der Waals surface area contributed by atoms with E-state index in [1.165, 1.54) is 12.8 Å². The average Bonchev–Trinajstić information content (AvgIpc) is 3.30. The van der Waals surface area contributed by atoms with Gasteiger partial charge in [0.1, 0.15) is 0 Å². The Hall–Kier alpha value is -1.89. The second-order valence-corrected chi connectivity index (χ2v) is 4.85. The Morgan fingerprint density at radius 3 is 2.47 bits per heavy atom. The molecule has 0 amide bonds. The summed E-state index contributed by atoms with van der Waals surface area (Å²) in [6.45, 7) is 3.53. The van der Waals surface area contributed by atoms with Crippen molar-refractivity contribution in [3.05, 3.63) is 18.5 Å². The normalized spacial score (nSPS) is 20.6. The Morgan fingerprint density at radius 2 is 1.89 bits per heavy atom. The molecule has 7 heteroatoms. The van der Waals surface area contributed by atoms with Crippen LogP contribution >= 0.6 is 0 Å². The summed E-state index contributed by atoms with van der Waals surface area (Å²) in [5, 5.41) is 0. The molecule has 3 N–H and O–H groups in total. The van der Waals surface area contributed by atoms with Crippen molar-refractivity contribution in [1.82, 2.24) is 20.3 Å². The molecule has 1 aromatic rings. The van der Waals surface area contributed by atoms with E-state index in [0.717, 1.165) is 38.1 Å². The first-order valence-electron chi connectivity index (χ1n) is 6.68. The third-order valence-corrected chi connectivity index (χ3v) is 3.40. The van der Waals surface area contributed by atoms with Gasteiger partial charge in [0, 0.05) is 38.6 Å². The minimum Gasteiger partial charge on any atom is -0.338 e. The van der Waals surface area contributed by atoms with Crippen molar-refractivity contribution < 1.29 is 0 Å². The molecule has 0 atom stereocenters. The highest BCUT2D eigenvalue weighted by atomic mass is 15.4. The molecule has 3 rings (SSSR count). The van der Waals surface area contributed by atoms with Gasteiger partial charge in [-0.1, -0.05) is 0 Å². The van der Waals surface area contributed by atoms with Crippen LogP contribution in [0.25, 0.3) is 0 Å². The molecule has 1 aromatic heterocycles. The fourth-order valence-electron chi connectivity index (χ4n) is 2.16. The van der Waals surface area contributed by atoms with Crippen molar-refractivity contribution in [2.24, 2.45) is 10.8 Å². The molecule has 1 aliphatic carbocycles. The van der Waals surface area contributed by atoms with Crippen LogP contribution in [0.4, 0.5) is 5.95 Å². The van der Waals surface area contributed by atoms with Crippen LogP contribution < -0.4 is 16.2 Å². The van der Waals surface area contributed by atoms with Gasteiger partial charge in [-0.05, 0) is 18.9 Å². The van der Waals surface area contributed by atoms with Gasteiger partial charge in [-0.15, -0.1) is 0 Å². The lowest BCUT2D eigenvalue weighted by Crippen LogP contribution is -2.54. The second-order valence-electron chi connectivity index (χ2n) is 4.85. The molecule has 0 aromatic carbocycles. The highest BCUT2D eigenvalue weighted by Crippen LogP contribution is 2.23. The largest absolute Gasteiger partial charge is 0.338 e. The molecule has 19 heavy (non-hydrogen) atoms. The summed E-state index contributed by atoms with van der Waals surface area (Å²) in [6, 6.07) is 2.31. The number of nitrogens with zero attached hydrogens (tertiary/aromatic N) is 5. The lowest BCUT2D eigenvalue weighted by molar-refractivity contribution is 0.370. The van der Waals surface area contributed by atoms with Gasteiger partial charge in [0.15, 0.2) is 0 Å². The Labute approximate surface area is 112 Å². The lowest BCUT2D eigenvalue weighted by Gasteiger charge is -2.36.